The molecule has 0 spiro atoms. The van der Waals surface area contributed by atoms with Crippen LogP contribution in [-0.4, -0.2) is 11.5 Å². The highest BCUT2D eigenvalue weighted by Gasteiger charge is 2.17. The fourth-order valence-corrected chi connectivity index (χ4v) is 2.89. The summed E-state index contributed by atoms with van der Waals surface area (Å²) in [5.74, 6) is 0. The van der Waals surface area contributed by atoms with E-state index in [1.54, 1.807) is 0 Å². The molecular weight excluding hydrogens is 291 g/mol. The molecule has 1 aromatic heterocycles. The third-order valence-electron chi connectivity index (χ3n) is 3.34. The van der Waals surface area contributed by atoms with Gasteiger partial charge in [-0.15, -0.1) is 0 Å². The fourth-order valence-electron chi connectivity index (χ4n) is 2.33. The monoisotopic (exact) mass is 308 g/mol. The lowest BCUT2D eigenvalue weighted by Crippen LogP contribution is -2.24. The number of benzene rings is 1. The van der Waals surface area contributed by atoms with Crippen molar-refractivity contribution in [1.29, 1.82) is 0 Å². The van der Waals surface area contributed by atoms with Crippen molar-refractivity contribution >= 4 is 23.2 Å². The van der Waals surface area contributed by atoms with Crippen LogP contribution in [0.2, 0.25) is 10.0 Å². The predicted molar refractivity (Wildman–Crippen MR) is 85.6 cm³/mol. The molecule has 0 radical (unpaired) electrons. The second kappa shape index (κ2) is 7.07. The fraction of sp³-hybridized carbons (Fsp3) is 0.312. The van der Waals surface area contributed by atoms with Crippen LogP contribution in [0.3, 0.4) is 0 Å². The molecule has 0 fully saturated rings. The molecule has 0 saturated carbocycles. The number of halogens is 2. The number of likely N-dealkylation sites (N-methyl/N-ethyl adjacent to an activating group) is 1. The van der Waals surface area contributed by atoms with Gasteiger partial charge in [-0.05, 0) is 49.2 Å². The number of nitrogens with one attached hydrogen (secondary N) is 1. The minimum Gasteiger partial charge on any atom is -0.310 e. The van der Waals surface area contributed by atoms with Gasteiger partial charge in [0.25, 0.3) is 0 Å². The van der Waals surface area contributed by atoms with Crippen molar-refractivity contribution < 1.29 is 0 Å². The lowest BCUT2D eigenvalue weighted by Gasteiger charge is -2.21. The van der Waals surface area contributed by atoms with Crippen LogP contribution in [0, 0.1) is 6.92 Å². The molecule has 1 aromatic carbocycles. The molecule has 2 aromatic rings. The average Bonchev–Trinajstić information content (AvgIpc) is 2.43. The molecule has 106 valence electrons. The quantitative estimate of drug-likeness (QED) is 0.874. The zero-order valence-corrected chi connectivity index (χ0v) is 13.2. The Morgan fingerprint density at radius 1 is 1.15 bits per heavy atom. The number of hydrogen-bond donors (Lipinski definition) is 1. The third kappa shape index (κ3) is 3.51. The van der Waals surface area contributed by atoms with Crippen molar-refractivity contribution in [1.82, 2.24) is 10.3 Å². The first kappa shape index (κ1) is 15.3. The highest BCUT2D eigenvalue weighted by molar-refractivity contribution is 6.36. The van der Waals surface area contributed by atoms with Crippen LogP contribution in [0.5, 0.6) is 0 Å². The van der Waals surface area contributed by atoms with Crippen LogP contribution < -0.4 is 5.32 Å². The average molecular weight is 309 g/mol. The molecule has 1 heterocycles. The largest absolute Gasteiger partial charge is 0.310 e. The molecule has 2 nitrogen and oxygen atoms in total. The maximum absolute atomic E-state index is 6.27. The number of rotatable bonds is 5. The van der Waals surface area contributed by atoms with Gasteiger partial charge in [0.15, 0.2) is 0 Å². The van der Waals surface area contributed by atoms with Crippen molar-refractivity contribution in [3.63, 3.8) is 0 Å². The van der Waals surface area contributed by atoms with Crippen molar-refractivity contribution in [2.24, 2.45) is 0 Å². The first-order chi connectivity index (χ1) is 9.63. The third-order valence-corrected chi connectivity index (χ3v) is 4.05. The Morgan fingerprint density at radius 2 is 1.85 bits per heavy atom. The molecule has 1 N–H and O–H groups in total. The standard InChI is InChI=1S/C16H18Cl2N2/c1-3-19-16(12-6-5-9-20-11(12)2)10-13-14(17)7-4-8-15(13)18/h4-9,16,19H,3,10H2,1-2H3. The van der Waals surface area contributed by atoms with Gasteiger partial charge in [0.2, 0.25) is 0 Å². The van der Waals surface area contributed by atoms with Crippen molar-refractivity contribution in [2.75, 3.05) is 6.54 Å². The molecule has 2 rings (SSSR count). The lowest BCUT2D eigenvalue weighted by atomic mass is 9.97. The first-order valence-electron chi connectivity index (χ1n) is 6.71. The topological polar surface area (TPSA) is 24.9 Å². The number of aryl methyl sites for hydroxylation is 1. The normalized spacial score (nSPS) is 12.4. The van der Waals surface area contributed by atoms with Gasteiger partial charge in [-0.2, -0.15) is 0 Å². The summed E-state index contributed by atoms with van der Waals surface area (Å²) < 4.78 is 0. The summed E-state index contributed by atoms with van der Waals surface area (Å²) in [6.45, 7) is 4.99. The minimum atomic E-state index is 0.158. The zero-order chi connectivity index (χ0) is 14.5. The minimum absolute atomic E-state index is 0.158. The summed E-state index contributed by atoms with van der Waals surface area (Å²) in [5.41, 5.74) is 3.19. The number of hydrogen-bond acceptors (Lipinski definition) is 2. The molecule has 4 heteroatoms. The Balaban J connectivity index is 2.33. The van der Waals surface area contributed by atoms with Crippen LogP contribution in [0.4, 0.5) is 0 Å². The Kier molecular flexibility index (Phi) is 5.41. The predicted octanol–water partition coefficient (Wildman–Crippen LogP) is 4.59. The molecule has 0 saturated heterocycles. The van der Waals surface area contributed by atoms with Gasteiger partial charge in [0, 0.05) is 28.0 Å². The number of aromatic nitrogens is 1. The van der Waals surface area contributed by atoms with E-state index in [0.717, 1.165) is 24.2 Å². The Labute approximate surface area is 130 Å². The molecule has 20 heavy (non-hydrogen) atoms. The maximum atomic E-state index is 6.27. The highest BCUT2D eigenvalue weighted by Crippen LogP contribution is 2.29. The van der Waals surface area contributed by atoms with Gasteiger partial charge in [-0.25, -0.2) is 0 Å². The van der Waals surface area contributed by atoms with E-state index >= 15 is 0 Å². The zero-order valence-electron chi connectivity index (χ0n) is 11.7. The van der Waals surface area contributed by atoms with E-state index in [1.165, 1.54) is 5.56 Å². The van der Waals surface area contributed by atoms with Gasteiger partial charge in [0.1, 0.15) is 0 Å². The van der Waals surface area contributed by atoms with E-state index in [1.807, 2.05) is 37.4 Å². The maximum Gasteiger partial charge on any atom is 0.0453 e. The van der Waals surface area contributed by atoms with E-state index in [-0.39, 0.29) is 6.04 Å². The first-order valence-corrected chi connectivity index (χ1v) is 7.46. The van der Waals surface area contributed by atoms with Crippen LogP contribution in [0.15, 0.2) is 36.5 Å². The SMILES string of the molecule is CCNC(Cc1c(Cl)cccc1Cl)c1cccnc1C. The summed E-state index contributed by atoms with van der Waals surface area (Å²) in [6, 6.07) is 9.84. The summed E-state index contributed by atoms with van der Waals surface area (Å²) in [7, 11) is 0. The van der Waals surface area contributed by atoms with Crippen LogP contribution >= 0.6 is 23.2 Å². The van der Waals surface area contributed by atoms with Crippen LogP contribution in [-0.2, 0) is 6.42 Å². The molecule has 0 aliphatic rings. The Hall–Kier alpha value is -1.09. The van der Waals surface area contributed by atoms with Gasteiger partial charge >= 0.3 is 0 Å². The number of nitrogens with zero attached hydrogens (tertiary/aromatic N) is 1. The second-order valence-corrected chi connectivity index (χ2v) is 5.51. The summed E-state index contributed by atoms with van der Waals surface area (Å²) in [4.78, 5) is 4.36. The van der Waals surface area contributed by atoms with E-state index < -0.39 is 0 Å². The van der Waals surface area contributed by atoms with Gasteiger partial charge < -0.3 is 5.32 Å². The molecule has 0 aliphatic heterocycles. The van der Waals surface area contributed by atoms with Crippen molar-refractivity contribution in [3.05, 3.63) is 63.4 Å². The van der Waals surface area contributed by atoms with Crippen molar-refractivity contribution in [3.8, 4) is 0 Å². The summed E-state index contributed by atoms with van der Waals surface area (Å²) >= 11 is 12.5. The molecule has 0 bridgehead atoms. The number of pyridine rings is 1. The molecule has 1 unspecified atom stereocenters. The van der Waals surface area contributed by atoms with E-state index in [4.69, 9.17) is 23.2 Å². The van der Waals surface area contributed by atoms with Gasteiger partial charge in [-0.3, -0.25) is 4.98 Å². The summed E-state index contributed by atoms with van der Waals surface area (Å²) in [6.07, 6.45) is 2.56. The van der Waals surface area contributed by atoms with Crippen molar-refractivity contribution in [2.45, 2.75) is 26.3 Å². The lowest BCUT2D eigenvalue weighted by molar-refractivity contribution is 0.545. The summed E-state index contributed by atoms with van der Waals surface area (Å²) in [5, 5.41) is 4.91. The molecular formula is C16H18Cl2N2. The molecule has 1 atom stereocenters. The Bertz CT molecular complexity index is 564. The smallest absolute Gasteiger partial charge is 0.0453 e. The van der Waals surface area contributed by atoms with E-state index in [9.17, 15) is 0 Å². The van der Waals surface area contributed by atoms with E-state index in [0.29, 0.717) is 10.0 Å². The molecule has 0 amide bonds. The Morgan fingerprint density at radius 3 is 2.45 bits per heavy atom. The van der Waals surface area contributed by atoms with E-state index in [2.05, 4.69) is 23.3 Å². The highest BCUT2D eigenvalue weighted by atomic mass is 35.5. The van der Waals surface area contributed by atoms with Crippen LogP contribution in [0.25, 0.3) is 0 Å². The van der Waals surface area contributed by atoms with Crippen LogP contribution in [0.1, 0.15) is 29.8 Å². The van der Waals surface area contributed by atoms with Gasteiger partial charge in [-0.1, -0.05) is 42.3 Å². The molecule has 0 aliphatic carbocycles. The van der Waals surface area contributed by atoms with Gasteiger partial charge in [0.05, 0.1) is 0 Å². The second-order valence-electron chi connectivity index (χ2n) is 4.69.